The van der Waals surface area contributed by atoms with Crippen LogP contribution < -0.4 is 4.74 Å². The number of ether oxygens (including phenoxy) is 1. The summed E-state index contributed by atoms with van der Waals surface area (Å²) in [5, 5.41) is 10.8. The maximum Gasteiger partial charge on any atom is 0.129 e. The molecular weight excluding hydrogens is 288 g/mol. The highest BCUT2D eigenvalue weighted by Gasteiger charge is 2.39. The van der Waals surface area contributed by atoms with E-state index in [1.165, 1.54) is 5.56 Å². The van der Waals surface area contributed by atoms with Crippen molar-refractivity contribution in [2.24, 2.45) is 0 Å². The molecule has 2 heterocycles. The number of β-amino-alcohol motifs (C(OH)–C–C–N with tert-alkyl or cyclic N) is 1. The summed E-state index contributed by atoms with van der Waals surface area (Å²) in [6.07, 6.45) is 2.44. The Labute approximate surface area is 137 Å². The maximum atomic E-state index is 10.8. The molecule has 4 nitrogen and oxygen atoms in total. The molecule has 1 aliphatic heterocycles. The first-order chi connectivity index (χ1) is 11.0. The van der Waals surface area contributed by atoms with Crippen LogP contribution in [0.5, 0.6) is 5.75 Å². The minimum absolute atomic E-state index is 0.189. The first-order valence-electron chi connectivity index (χ1n) is 8.11. The molecule has 0 amide bonds. The average Bonchev–Trinajstić information content (AvgIpc) is 2.53. The zero-order valence-electron chi connectivity index (χ0n) is 13.8. The third-order valence-corrected chi connectivity index (χ3v) is 4.46. The van der Waals surface area contributed by atoms with Gasteiger partial charge >= 0.3 is 0 Å². The third kappa shape index (κ3) is 3.89. The van der Waals surface area contributed by atoms with Crippen molar-refractivity contribution < 1.29 is 9.84 Å². The SMILES string of the molecule is Cc1cccnc1CN1CC[C@H](Oc2ccccc2)[C@@](C)(O)C1. The van der Waals surface area contributed by atoms with Crippen molar-refractivity contribution in [2.45, 2.75) is 38.5 Å². The molecule has 0 bridgehead atoms. The second-order valence-electron chi connectivity index (χ2n) is 6.54. The van der Waals surface area contributed by atoms with E-state index < -0.39 is 5.60 Å². The van der Waals surface area contributed by atoms with Crippen molar-refractivity contribution in [3.05, 3.63) is 59.9 Å². The highest BCUT2D eigenvalue weighted by Crippen LogP contribution is 2.27. The first-order valence-corrected chi connectivity index (χ1v) is 8.11. The van der Waals surface area contributed by atoms with E-state index in [9.17, 15) is 5.11 Å². The quantitative estimate of drug-likeness (QED) is 0.943. The van der Waals surface area contributed by atoms with Gasteiger partial charge in [-0.25, -0.2) is 0 Å². The molecule has 4 heteroatoms. The van der Waals surface area contributed by atoms with Crippen molar-refractivity contribution in [3.8, 4) is 5.75 Å². The molecule has 0 unspecified atom stereocenters. The lowest BCUT2D eigenvalue weighted by Crippen LogP contribution is -2.56. The van der Waals surface area contributed by atoms with Gasteiger partial charge in [-0.15, -0.1) is 0 Å². The Hall–Kier alpha value is -1.91. The van der Waals surface area contributed by atoms with Gasteiger partial charge < -0.3 is 9.84 Å². The summed E-state index contributed by atoms with van der Waals surface area (Å²) in [7, 11) is 0. The van der Waals surface area contributed by atoms with Gasteiger partial charge in [0.25, 0.3) is 0 Å². The number of likely N-dealkylation sites (tertiary alicyclic amines) is 1. The van der Waals surface area contributed by atoms with E-state index in [1.54, 1.807) is 0 Å². The fourth-order valence-electron chi connectivity index (χ4n) is 3.12. The van der Waals surface area contributed by atoms with Crippen molar-refractivity contribution in [3.63, 3.8) is 0 Å². The number of hydrogen-bond donors (Lipinski definition) is 1. The van der Waals surface area contributed by atoms with E-state index in [-0.39, 0.29) is 6.10 Å². The van der Waals surface area contributed by atoms with Crippen LogP contribution in [0.2, 0.25) is 0 Å². The van der Waals surface area contributed by atoms with E-state index in [0.717, 1.165) is 31.0 Å². The number of hydrogen-bond acceptors (Lipinski definition) is 4. The van der Waals surface area contributed by atoms with Gasteiger partial charge in [-0.3, -0.25) is 9.88 Å². The number of nitrogens with zero attached hydrogens (tertiary/aromatic N) is 2. The standard InChI is InChI=1S/C19H24N2O2/c1-15-7-6-11-20-17(15)13-21-12-10-18(19(2,22)14-21)23-16-8-4-3-5-9-16/h3-9,11,18,22H,10,12-14H2,1-2H3/t18-,19-/m0/s1. The summed E-state index contributed by atoms with van der Waals surface area (Å²) in [5.41, 5.74) is 1.39. The zero-order valence-corrected chi connectivity index (χ0v) is 13.8. The predicted molar refractivity (Wildman–Crippen MR) is 90.3 cm³/mol. The number of benzene rings is 1. The number of rotatable bonds is 4. The zero-order chi connectivity index (χ0) is 16.3. The molecule has 23 heavy (non-hydrogen) atoms. The molecule has 2 atom stereocenters. The smallest absolute Gasteiger partial charge is 0.129 e. The molecule has 1 aromatic carbocycles. The number of para-hydroxylation sites is 1. The van der Waals surface area contributed by atoms with Crippen molar-refractivity contribution >= 4 is 0 Å². The Morgan fingerprint density at radius 3 is 2.74 bits per heavy atom. The van der Waals surface area contributed by atoms with E-state index >= 15 is 0 Å². The molecule has 122 valence electrons. The lowest BCUT2D eigenvalue weighted by atomic mass is 9.91. The topological polar surface area (TPSA) is 45.6 Å². The Morgan fingerprint density at radius 2 is 2.04 bits per heavy atom. The molecule has 1 saturated heterocycles. The van der Waals surface area contributed by atoms with Crippen LogP contribution in [-0.2, 0) is 6.54 Å². The Morgan fingerprint density at radius 1 is 1.26 bits per heavy atom. The Balaban J connectivity index is 1.64. The second kappa shape index (κ2) is 6.69. The van der Waals surface area contributed by atoms with Crippen LogP contribution in [0.4, 0.5) is 0 Å². The molecule has 1 N–H and O–H groups in total. The van der Waals surface area contributed by atoms with E-state index in [2.05, 4.69) is 22.9 Å². The van der Waals surface area contributed by atoms with E-state index in [1.807, 2.05) is 49.5 Å². The third-order valence-electron chi connectivity index (χ3n) is 4.46. The van der Waals surface area contributed by atoms with Crippen LogP contribution in [-0.4, -0.2) is 39.8 Å². The van der Waals surface area contributed by atoms with Crippen LogP contribution in [0.3, 0.4) is 0 Å². The van der Waals surface area contributed by atoms with Crippen LogP contribution >= 0.6 is 0 Å². The largest absolute Gasteiger partial charge is 0.487 e. The Bertz CT molecular complexity index is 643. The van der Waals surface area contributed by atoms with Gasteiger partial charge in [0.05, 0.1) is 5.69 Å². The number of piperidine rings is 1. The number of aromatic nitrogens is 1. The number of aryl methyl sites for hydroxylation is 1. The van der Waals surface area contributed by atoms with E-state index in [0.29, 0.717) is 6.54 Å². The van der Waals surface area contributed by atoms with Gasteiger partial charge in [-0.1, -0.05) is 24.3 Å². The van der Waals surface area contributed by atoms with Crippen LogP contribution in [0.25, 0.3) is 0 Å². The van der Waals surface area contributed by atoms with Gasteiger partial charge in [-0.2, -0.15) is 0 Å². The van der Waals surface area contributed by atoms with Gasteiger partial charge in [0, 0.05) is 25.8 Å². The molecule has 0 spiro atoms. The first kappa shape index (κ1) is 16.0. The molecule has 2 aromatic rings. The summed E-state index contributed by atoms with van der Waals surface area (Å²) in [4.78, 5) is 6.70. The highest BCUT2D eigenvalue weighted by molar-refractivity contribution is 5.22. The lowest BCUT2D eigenvalue weighted by molar-refractivity contribution is -0.0995. The summed E-state index contributed by atoms with van der Waals surface area (Å²) in [5.74, 6) is 0.812. The molecule has 0 saturated carbocycles. The molecule has 3 rings (SSSR count). The van der Waals surface area contributed by atoms with Crippen LogP contribution in [0.15, 0.2) is 48.7 Å². The molecule has 1 fully saturated rings. The molecule has 0 aliphatic carbocycles. The fourth-order valence-corrected chi connectivity index (χ4v) is 3.12. The Kier molecular flexibility index (Phi) is 4.64. The van der Waals surface area contributed by atoms with Crippen molar-refractivity contribution in [1.29, 1.82) is 0 Å². The van der Waals surface area contributed by atoms with Crippen LogP contribution in [0, 0.1) is 6.92 Å². The minimum atomic E-state index is -0.878. The summed E-state index contributed by atoms with van der Waals surface area (Å²) >= 11 is 0. The van der Waals surface area contributed by atoms with Crippen molar-refractivity contribution in [1.82, 2.24) is 9.88 Å². The van der Waals surface area contributed by atoms with Gasteiger partial charge in [-0.05, 0) is 44.0 Å². The second-order valence-corrected chi connectivity index (χ2v) is 6.54. The molecular formula is C19H24N2O2. The highest BCUT2D eigenvalue weighted by atomic mass is 16.5. The van der Waals surface area contributed by atoms with Crippen molar-refractivity contribution in [2.75, 3.05) is 13.1 Å². The van der Waals surface area contributed by atoms with E-state index in [4.69, 9.17) is 4.74 Å². The molecule has 1 aliphatic rings. The summed E-state index contributed by atoms with van der Waals surface area (Å²) in [6, 6.07) is 13.7. The normalized spacial score (nSPS) is 25.3. The minimum Gasteiger partial charge on any atom is -0.487 e. The number of pyridine rings is 1. The molecule has 1 aromatic heterocycles. The van der Waals surface area contributed by atoms with Crippen LogP contribution in [0.1, 0.15) is 24.6 Å². The summed E-state index contributed by atoms with van der Waals surface area (Å²) < 4.78 is 6.00. The fraction of sp³-hybridized carbons (Fsp3) is 0.421. The average molecular weight is 312 g/mol. The van der Waals surface area contributed by atoms with Gasteiger partial charge in [0.1, 0.15) is 17.5 Å². The lowest BCUT2D eigenvalue weighted by Gasteiger charge is -2.42. The molecule has 0 radical (unpaired) electrons. The monoisotopic (exact) mass is 312 g/mol. The maximum absolute atomic E-state index is 10.8. The predicted octanol–water partition coefficient (Wildman–Crippen LogP) is 2.79. The number of aliphatic hydroxyl groups is 1. The summed E-state index contributed by atoms with van der Waals surface area (Å²) in [6.45, 7) is 6.18. The van der Waals surface area contributed by atoms with Gasteiger partial charge in [0.15, 0.2) is 0 Å². The van der Waals surface area contributed by atoms with Gasteiger partial charge in [0.2, 0.25) is 0 Å².